The first-order valence-electron chi connectivity index (χ1n) is 4.92. The number of aromatic nitrogens is 1. The van der Waals surface area contributed by atoms with Gasteiger partial charge in [0.1, 0.15) is 5.82 Å². The molecule has 3 rings (SSSR count). The van der Waals surface area contributed by atoms with Crippen LogP contribution in [-0.2, 0) is 0 Å². The highest BCUT2D eigenvalue weighted by molar-refractivity contribution is 5.79. The second kappa shape index (κ2) is 3.45. The lowest BCUT2D eigenvalue weighted by Crippen LogP contribution is -1.81. The maximum absolute atomic E-state index is 12.8. The third-order valence-electron chi connectivity index (χ3n) is 2.48. The Morgan fingerprint density at radius 2 is 1.81 bits per heavy atom. The van der Waals surface area contributed by atoms with E-state index in [0.29, 0.717) is 5.71 Å². The molecule has 3 aromatic rings. The molecule has 78 valence electrons. The van der Waals surface area contributed by atoms with E-state index in [0.717, 1.165) is 16.5 Å². The molecule has 0 spiro atoms. The van der Waals surface area contributed by atoms with Crippen LogP contribution in [0.3, 0.4) is 0 Å². The predicted octanol–water partition coefficient (Wildman–Crippen LogP) is 3.63. The summed E-state index contributed by atoms with van der Waals surface area (Å²) in [6.45, 7) is 0. The van der Waals surface area contributed by atoms with E-state index >= 15 is 0 Å². The number of nitrogens with zero attached hydrogens (tertiary/aromatic N) is 1. The number of rotatable bonds is 1. The van der Waals surface area contributed by atoms with Gasteiger partial charge in [0.2, 0.25) is 5.71 Å². The van der Waals surface area contributed by atoms with Crippen LogP contribution in [0.4, 0.5) is 4.39 Å². The van der Waals surface area contributed by atoms with Crippen molar-refractivity contribution < 1.29 is 8.81 Å². The van der Waals surface area contributed by atoms with E-state index in [4.69, 9.17) is 4.42 Å². The Hall–Kier alpha value is -2.16. The molecule has 0 radical (unpaired) electrons. The van der Waals surface area contributed by atoms with Gasteiger partial charge < -0.3 is 4.42 Å². The molecule has 0 unspecified atom stereocenters. The summed E-state index contributed by atoms with van der Waals surface area (Å²) >= 11 is 0. The van der Waals surface area contributed by atoms with Gasteiger partial charge in [-0.25, -0.2) is 9.37 Å². The number of hydrogen-bond donors (Lipinski definition) is 0. The van der Waals surface area contributed by atoms with Gasteiger partial charge in [0.15, 0.2) is 0 Å². The quantitative estimate of drug-likeness (QED) is 0.616. The Morgan fingerprint density at radius 3 is 2.62 bits per heavy atom. The average molecular weight is 213 g/mol. The molecule has 3 heteroatoms. The highest BCUT2D eigenvalue weighted by atomic mass is 19.1. The average Bonchev–Trinajstić information content (AvgIpc) is 2.77. The SMILES string of the molecule is Fc1ccc(-c2cnc3occc3c2)cc1. The molecular formula is C13H8FNO. The minimum atomic E-state index is -0.235. The Kier molecular flexibility index (Phi) is 1.96. The zero-order chi connectivity index (χ0) is 11.0. The minimum Gasteiger partial charge on any atom is -0.446 e. The van der Waals surface area contributed by atoms with Crippen molar-refractivity contribution in [3.05, 3.63) is 54.7 Å². The van der Waals surface area contributed by atoms with Crippen molar-refractivity contribution in [2.75, 3.05) is 0 Å². The van der Waals surface area contributed by atoms with Crippen LogP contribution in [0.5, 0.6) is 0 Å². The summed E-state index contributed by atoms with van der Waals surface area (Å²) in [6, 6.07) is 10.2. The molecule has 0 aliphatic rings. The molecule has 0 saturated carbocycles. The second-order valence-electron chi connectivity index (χ2n) is 3.55. The van der Waals surface area contributed by atoms with Crippen LogP contribution < -0.4 is 0 Å². The van der Waals surface area contributed by atoms with E-state index in [1.54, 1.807) is 24.6 Å². The maximum atomic E-state index is 12.8. The number of halogens is 1. The number of benzene rings is 1. The molecule has 0 bridgehead atoms. The van der Waals surface area contributed by atoms with Crippen LogP contribution in [0.25, 0.3) is 22.2 Å². The summed E-state index contributed by atoms with van der Waals surface area (Å²) in [7, 11) is 0. The molecule has 2 nitrogen and oxygen atoms in total. The zero-order valence-corrected chi connectivity index (χ0v) is 8.35. The number of fused-ring (bicyclic) bond motifs is 1. The first-order chi connectivity index (χ1) is 7.83. The van der Waals surface area contributed by atoms with Gasteiger partial charge in [-0.2, -0.15) is 0 Å². The van der Waals surface area contributed by atoms with Crippen molar-refractivity contribution in [3.63, 3.8) is 0 Å². The van der Waals surface area contributed by atoms with Crippen LogP contribution in [0, 0.1) is 5.82 Å². The van der Waals surface area contributed by atoms with E-state index in [1.165, 1.54) is 12.1 Å². The van der Waals surface area contributed by atoms with Crippen molar-refractivity contribution in [2.24, 2.45) is 0 Å². The summed E-state index contributed by atoms with van der Waals surface area (Å²) in [4.78, 5) is 4.18. The van der Waals surface area contributed by atoms with Crippen LogP contribution in [0.15, 0.2) is 53.3 Å². The molecule has 0 amide bonds. The lowest BCUT2D eigenvalue weighted by molar-refractivity contribution is 0.603. The largest absolute Gasteiger partial charge is 0.446 e. The van der Waals surface area contributed by atoms with Gasteiger partial charge in [0.05, 0.1) is 6.26 Å². The molecule has 1 aromatic carbocycles. The Labute approximate surface area is 91.3 Å². The summed E-state index contributed by atoms with van der Waals surface area (Å²) in [5.74, 6) is -0.235. The topological polar surface area (TPSA) is 26.0 Å². The highest BCUT2D eigenvalue weighted by Crippen LogP contribution is 2.23. The Bertz CT molecular complexity index is 628. The van der Waals surface area contributed by atoms with Crippen LogP contribution in [-0.4, -0.2) is 4.98 Å². The van der Waals surface area contributed by atoms with Crippen molar-refractivity contribution in [1.82, 2.24) is 4.98 Å². The van der Waals surface area contributed by atoms with Gasteiger partial charge in [-0.3, -0.25) is 0 Å². The third-order valence-corrected chi connectivity index (χ3v) is 2.48. The predicted molar refractivity (Wildman–Crippen MR) is 59.4 cm³/mol. The molecular weight excluding hydrogens is 205 g/mol. The normalized spacial score (nSPS) is 10.8. The van der Waals surface area contributed by atoms with Gasteiger partial charge in [-0.1, -0.05) is 12.1 Å². The van der Waals surface area contributed by atoms with E-state index in [9.17, 15) is 4.39 Å². The maximum Gasteiger partial charge on any atom is 0.225 e. The molecule has 0 atom stereocenters. The van der Waals surface area contributed by atoms with Crippen LogP contribution in [0.2, 0.25) is 0 Å². The van der Waals surface area contributed by atoms with Gasteiger partial charge >= 0.3 is 0 Å². The van der Waals surface area contributed by atoms with Gasteiger partial charge in [-0.15, -0.1) is 0 Å². The van der Waals surface area contributed by atoms with Crippen LogP contribution >= 0.6 is 0 Å². The molecule has 2 heterocycles. The lowest BCUT2D eigenvalue weighted by atomic mass is 10.1. The van der Waals surface area contributed by atoms with Crippen molar-refractivity contribution in [2.45, 2.75) is 0 Å². The Balaban J connectivity index is 2.14. The first kappa shape index (κ1) is 9.09. The van der Waals surface area contributed by atoms with E-state index < -0.39 is 0 Å². The summed E-state index contributed by atoms with van der Waals surface area (Å²) in [5.41, 5.74) is 2.51. The number of furan rings is 1. The van der Waals surface area contributed by atoms with Gasteiger partial charge in [-0.05, 0) is 29.8 Å². The first-order valence-corrected chi connectivity index (χ1v) is 4.92. The summed E-state index contributed by atoms with van der Waals surface area (Å²) in [5, 5.41) is 0.946. The van der Waals surface area contributed by atoms with Gasteiger partial charge in [0, 0.05) is 17.1 Å². The van der Waals surface area contributed by atoms with E-state index in [2.05, 4.69) is 4.98 Å². The smallest absolute Gasteiger partial charge is 0.225 e. The molecule has 16 heavy (non-hydrogen) atoms. The summed E-state index contributed by atoms with van der Waals surface area (Å²) in [6.07, 6.45) is 3.32. The van der Waals surface area contributed by atoms with E-state index in [-0.39, 0.29) is 5.82 Å². The summed E-state index contributed by atoms with van der Waals surface area (Å²) < 4.78 is 17.9. The number of hydrogen-bond acceptors (Lipinski definition) is 2. The fourth-order valence-electron chi connectivity index (χ4n) is 1.66. The fourth-order valence-corrected chi connectivity index (χ4v) is 1.66. The zero-order valence-electron chi connectivity index (χ0n) is 8.35. The second-order valence-corrected chi connectivity index (χ2v) is 3.55. The Morgan fingerprint density at radius 1 is 1.00 bits per heavy atom. The monoisotopic (exact) mass is 213 g/mol. The highest BCUT2D eigenvalue weighted by Gasteiger charge is 2.02. The van der Waals surface area contributed by atoms with Crippen molar-refractivity contribution >= 4 is 11.1 Å². The number of pyridine rings is 1. The molecule has 0 aliphatic carbocycles. The molecule has 0 fully saturated rings. The minimum absolute atomic E-state index is 0.235. The fraction of sp³-hybridized carbons (Fsp3) is 0. The van der Waals surface area contributed by atoms with Crippen molar-refractivity contribution in [3.8, 4) is 11.1 Å². The molecule has 0 saturated heterocycles. The molecule has 0 N–H and O–H groups in total. The lowest BCUT2D eigenvalue weighted by Gasteiger charge is -2.00. The molecule has 2 aromatic heterocycles. The van der Waals surface area contributed by atoms with Gasteiger partial charge in [0.25, 0.3) is 0 Å². The standard InChI is InChI=1S/C13H8FNO/c14-12-3-1-9(2-4-12)11-7-10-5-6-16-13(10)15-8-11/h1-8H. The van der Waals surface area contributed by atoms with E-state index in [1.807, 2.05) is 12.1 Å². The van der Waals surface area contributed by atoms with Crippen molar-refractivity contribution in [1.29, 1.82) is 0 Å². The molecule has 0 aliphatic heterocycles. The van der Waals surface area contributed by atoms with Crippen LogP contribution in [0.1, 0.15) is 0 Å². The third kappa shape index (κ3) is 1.46.